The molecular weight excluding hydrogens is 234 g/mol. The summed E-state index contributed by atoms with van der Waals surface area (Å²) in [5.74, 6) is 0.252. The molecule has 5 nitrogen and oxygen atoms in total. The molecule has 1 unspecified atom stereocenters. The molecule has 0 saturated heterocycles. The summed E-state index contributed by atoms with van der Waals surface area (Å²) < 4.78 is 10.3. The zero-order valence-electron chi connectivity index (χ0n) is 10.7. The van der Waals surface area contributed by atoms with Crippen molar-refractivity contribution < 1.29 is 19.4 Å². The van der Waals surface area contributed by atoms with Crippen LogP contribution in [0, 0.1) is 0 Å². The fourth-order valence-electron chi connectivity index (χ4n) is 1.54. The fraction of sp³-hybridized carbons (Fsp3) is 0.462. The lowest BCUT2D eigenvalue weighted by Crippen LogP contribution is -2.40. The Morgan fingerprint density at radius 2 is 2.17 bits per heavy atom. The van der Waals surface area contributed by atoms with E-state index in [9.17, 15) is 4.79 Å². The van der Waals surface area contributed by atoms with Crippen molar-refractivity contribution in [1.29, 1.82) is 0 Å². The molecule has 0 radical (unpaired) electrons. The van der Waals surface area contributed by atoms with E-state index in [1.807, 2.05) is 6.92 Å². The van der Waals surface area contributed by atoms with Crippen LogP contribution in [0.2, 0.25) is 0 Å². The van der Waals surface area contributed by atoms with E-state index in [1.54, 1.807) is 24.3 Å². The van der Waals surface area contributed by atoms with Crippen LogP contribution in [0.4, 0.5) is 0 Å². The Bertz CT molecular complexity index is 381. The molecule has 0 aliphatic rings. The molecule has 1 aromatic rings. The van der Waals surface area contributed by atoms with E-state index in [-0.39, 0.29) is 19.1 Å². The van der Waals surface area contributed by atoms with Crippen molar-refractivity contribution in [2.45, 2.75) is 13.0 Å². The van der Waals surface area contributed by atoms with Crippen LogP contribution in [-0.4, -0.2) is 44.0 Å². The second-order valence-corrected chi connectivity index (χ2v) is 3.74. The molecule has 1 amide bonds. The quantitative estimate of drug-likeness (QED) is 0.755. The first-order valence-electron chi connectivity index (χ1n) is 5.85. The lowest BCUT2D eigenvalue weighted by molar-refractivity contribution is 0.0836. The molecule has 0 saturated carbocycles. The van der Waals surface area contributed by atoms with E-state index in [0.717, 1.165) is 0 Å². The summed E-state index contributed by atoms with van der Waals surface area (Å²) in [4.78, 5) is 12.0. The minimum atomic E-state index is -0.419. The van der Waals surface area contributed by atoms with Gasteiger partial charge in [-0.1, -0.05) is 12.1 Å². The Morgan fingerprint density at radius 3 is 2.78 bits per heavy atom. The summed E-state index contributed by atoms with van der Waals surface area (Å²) in [6.07, 6.45) is 0. The van der Waals surface area contributed by atoms with E-state index in [2.05, 4.69) is 5.32 Å². The van der Waals surface area contributed by atoms with Crippen molar-refractivity contribution in [3.63, 3.8) is 0 Å². The molecule has 100 valence electrons. The van der Waals surface area contributed by atoms with E-state index in [0.29, 0.717) is 17.9 Å². The number of amides is 1. The number of hydrogen-bond acceptors (Lipinski definition) is 4. The van der Waals surface area contributed by atoms with Gasteiger partial charge >= 0.3 is 0 Å². The number of carbonyl (C=O) groups excluding carboxylic acids is 1. The molecule has 0 fully saturated rings. The number of rotatable bonds is 7. The number of aliphatic hydroxyl groups excluding tert-OH is 1. The third-order valence-corrected chi connectivity index (χ3v) is 2.35. The van der Waals surface area contributed by atoms with Crippen LogP contribution < -0.4 is 10.1 Å². The number of para-hydroxylation sites is 1. The van der Waals surface area contributed by atoms with Gasteiger partial charge in [-0.05, 0) is 19.1 Å². The Balaban J connectivity index is 2.76. The Morgan fingerprint density at radius 1 is 1.44 bits per heavy atom. The first-order chi connectivity index (χ1) is 8.72. The number of aliphatic hydroxyl groups is 1. The van der Waals surface area contributed by atoms with Gasteiger partial charge in [-0.3, -0.25) is 4.79 Å². The summed E-state index contributed by atoms with van der Waals surface area (Å²) in [5, 5.41) is 11.8. The highest BCUT2D eigenvalue weighted by Crippen LogP contribution is 2.17. The second kappa shape index (κ2) is 7.68. The van der Waals surface area contributed by atoms with Crippen molar-refractivity contribution in [3.8, 4) is 5.75 Å². The molecule has 0 bridgehead atoms. The highest BCUT2D eigenvalue weighted by Gasteiger charge is 2.16. The standard InChI is InChI=1S/C13H19NO4/c1-3-18-12-7-5-4-6-11(12)13(16)14-10(8-15)9-17-2/h4-7,10,15H,3,8-9H2,1-2H3,(H,14,16). The minimum Gasteiger partial charge on any atom is -0.493 e. The molecule has 5 heteroatoms. The lowest BCUT2D eigenvalue weighted by Gasteiger charge is -2.16. The molecule has 1 aromatic carbocycles. The average molecular weight is 253 g/mol. The second-order valence-electron chi connectivity index (χ2n) is 3.74. The zero-order valence-corrected chi connectivity index (χ0v) is 10.7. The van der Waals surface area contributed by atoms with Gasteiger partial charge in [-0.25, -0.2) is 0 Å². The fourth-order valence-corrected chi connectivity index (χ4v) is 1.54. The number of carbonyl (C=O) groups is 1. The van der Waals surface area contributed by atoms with Gasteiger partial charge in [0.2, 0.25) is 0 Å². The van der Waals surface area contributed by atoms with Gasteiger partial charge in [-0.15, -0.1) is 0 Å². The first kappa shape index (κ1) is 14.5. The molecule has 1 rings (SSSR count). The van der Waals surface area contributed by atoms with Crippen molar-refractivity contribution in [2.75, 3.05) is 26.9 Å². The summed E-state index contributed by atoms with van der Waals surface area (Å²) >= 11 is 0. The van der Waals surface area contributed by atoms with Gasteiger partial charge in [0, 0.05) is 7.11 Å². The number of benzene rings is 1. The van der Waals surface area contributed by atoms with Crippen LogP contribution in [0.1, 0.15) is 17.3 Å². The van der Waals surface area contributed by atoms with Gasteiger partial charge < -0.3 is 19.9 Å². The molecule has 0 aliphatic heterocycles. The summed E-state index contributed by atoms with van der Waals surface area (Å²) in [7, 11) is 1.52. The molecule has 0 spiro atoms. The predicted octanol–water partition coefficient (Wildman–Crippen LogP) is 0.822. The van der Waals surface area contributed by atoms with Gasteiger partial charge in [0.25, 0.3) is 5.91 Å². The van der Waals surface area contributed by atoms with Crippen LogP contribution in [0.5, 0.6) is 5.75 Å². The molecule has 1 atom stereocenters. The largest absolute Gasteiger partial charge is 0.493 e. The lowest BCUT2D eigenvalue weighted by atomic mass is 10.1. The molecule has 0 aromatic heterocycles. The normalized spacial score (nSPS) is 11.9. The van der Waals surface area contributed by atoms with Crippen molar-refractivity contribution in [2.24, 2.45) is 0 Å². The van der Waals surface area contributed by atoms with E-state index >= 15 is 0 Å². The maximum absolute atomic E-state index is 12.0. The molecule has 0 heterocycles. The van der Waals surface area contributed by atoms with Gasteiger partial charge in [0.15, 0.2) is 0 Å². The third kappa shape index (κ3) is 4.01. The van der Waals surface area contributed by atoms with Crippen LogP contribution >= 0.6 is 0 Å². The Kier molecular flexibility index (Phi) is 6.18. The van der Waals surface area contributed by atoms with Crippen molar-refractivity contribution in [1.82, 2.24) is 5.32 Å². The molecular formula is C13H19NO4. The smallest absolute Gasteiger partial charge is 0.255 e. The zero-order chi connectivity index (χ0) is 13.4. The van der Waals surface area contributed by atoms with Crippen LogP contribution in [0.25, 0.3) is 0 Å². The van der Waals surface area contributed by atoms with E-state index < -0.39 is 6.04 Å². The maximum Gasteiger partial charge on any atom is 0.255 e. The molecule has 18 heavy (non-hydrogen) atoms. The number of hydrogen-bond donors (Lipinski definition) is 2. The number of methoxy groups -OCH3 is 1. The van der Waals surface area contributed by atoms with E-state index in [1.165, 1.54) is 7.11 Å². The Labute approximate surface area is 107 Å². The van der Waals surface area contributed by atoms with Gasteiger partial charge in [0.05, 0.1) is 31.4 Å². The third-order valence-electron chi connectivity index (χ3n) is 2.35. The van der Waals surface area contributed by atoms with Crippen LogP contribution in [0.3, 0.4) is 0 Å². The van der Waals surface area contributed by atoms with Gasteiger partial charge in [0.1, 0.15) is 5.75 Å². The molecule has 2 N–H and O–H groups in total. The van der Waals surface area contributed by atoms with Gasteiger partial charge in [-0.2, -0.15) is 0 Å². The summed E-state index contributed by atoms with van der Waals surface area (Å²) in [6, 6.07) is 6.57. The van der Waals surface area contributed by atoms with Crippen LogP contribution in [-0.2, 0) is 4.74 Å². The van der Waals surface area contributed by atoms with Crippen molar-refractivity contribution >= 4 is 5.91 Å². The topological polar surface area (TPSA) is 67.8 Å². The van der Waals surface area contributed by atoms with Crippen LogP contribution in [0.15, 0.2) is 24.3 Å². The Hall–Kier alpha value is -1.59. The number of nitrogens with one attached hydrogen (secondary N) is 1. The first-order valence-corrected chi connectivity index (χ1v) is 5.85. The summed E-state index contributed by atoms with van der Waals surface area (Å²) in [6.45, 7) is 2.44. The minimum absolute atomic E-state index is 0.170. The SMILES string of the molecule is CCOc1ccccc1C(=O)NC(CO)COC. The monoisotopic (exact) mass is 253 g/mol. The van der Waals surface area contributed by atoms with E-state index in [4.69, 9.17) is 14.6 Å². The highest BCUT2D eigenvalue weighted by molar-refractivity contribution is 5.97. The average Bonchev–Trinajstić information content (AvgIpc) is 2.39. The van der Waals surface area contributed by atoms with Crippen molar-refractivity contribution in [3.05, 3.63) is 29.8 Å². The number of ether oxygens (including phenoxy) is 2. The molecule has 0 aliphatic carbocycles. The summed E-state index contributed by atoms with van der Waals surface area (Å²) in [5.41, 5.74) is 0.453. The highest BCUT2D eigenvalue weighted by atomic mass is 16.5. The predicted molar refractivity (Wildman–Crippen MR) is 67.8 cm³/mol. The maximum atomic E-state index is 12.0.